The summed E-state index contributed by atoms with van der Waals surface area (Å²) >= 11 is 2.06. The first-order chi connectivity index (χ1) is 7.24. The van der Waals surface area contributed by atoms with Gasteiger partial charge in [-0.25, -0.2) is 0 Å². The minimum atomic E-state index is 0.302. The number of thioether (sulfide) groups is 1. The van der Waals surface area contributed by atoms with Gasteiger partial charge in [0.15, 0.2) is 0 Å². The molecule has 0 aromatic carbocycles. The zero-order chi connectivity index (χ0) is 11.1. The predicted octanol–water partition coefficient (Wildman–Crippen LogP) is 1.18. The molecule has 1 heterocycles. The van der Waals surface area contributed by atoms with Crippen LogP contribution in [-0.4, -0.2) is 55.8 Å². The Balaban J connectivity index is 2.10. The Morgan fingerprint density at radius 2 is 2.40 bits per heavy atom. The van der Waals surface area contributed by atoms with E-state index in [2.05, 4.69) is 23.7 Å². The molecule has 1 fully saturated rings. The topological polar surface area (TPSA) is 38.5 Å². The van der Waals surface area contributed by atoms with Gasteiger partial charge in [-0.3, -0.25) is 0 Å². The third kappa shape index (κ3) is 5.20. The van der Waals surface area contributed by atoms with Gasteiger partial charge in [-0.05, 0) is 32.1 Å². The molecular weight excluding hydrogens is 208 g/mol. The predicted molar refractivity (Wildman–Crippen MR) is 67.4 cm³/mol. The Bertz CT molecular complexity index is 163. The summed E-state index contributed by atoms with van der Waals surface area (Å²) in [5.74, 6) is 2.59. The van der Waals surface area contributed by atoms with Crippen molar-refractivity contribution in [2.45, 2.75) is 31.3 Å². The zero-order valence-corrected chi connectivity index (χ0v) is 10.8. The van der Waals surface area contributed by atoms with Gasteiger partial charge in [0.1, 0.15) is 0 Å². The van der Waals surface area contributed by atoms with Crippen LogP contribution < -0.4 is 5.73 Å². The second-order valence-electron chi connectivity index (χ2n) is 4.35. The Labute approximate surface area is 97.7 Å². The molecule has 0 aromatic heterocycles. The summed E-state index contributed by atoms with van der Waals surface area (Å²) < 4.78 is 5.02. The van der Waals surface area contributed by atoms with E-state index in [4.69, 9.17) is 10.5 Å². The summed E-state index contributed by atoms with van der Waals surface area (Å²) in [6.45, 7) is 1.85. The third-order valence-corrected chi connectivity index (χ3v) is 4.12. The molecule has 4 heteroatoms. The highest BCUT2D eigenvalue weighted by molar-refractivity contribution is 7.99. The summed E-state index contributed by atoms with van der Waals surface area (Å²) in [4.78, 5) is 2.43. The quantitative estimate of drug-likeness (QED) is 0.669. The van der Waals surface area contributed by atoms with Gasteiger partial charge < -0.3 is 15.4 Å². The smallest absolute Gasteiger partial charge is 0.0462 e. The lowest BCUT2D eigenvalue weighted by molar-refractivity contribution is 0.184. The zero-order valence-electron chi connectivity index (χ0n) is 9.95. The first-order valence-corrected chi connectivity index (χ1v) is 6.92. The van der Waals surface area contributed by atoms with Crippen LogP contribution in [0.4, 0.5) is 0 Å². The third-order valence-electron chi connectivity index (χ3n) is 2.97. The molecule has 2 unspecified atom stereocenters. The van der Waals surface area contributed by atoms with E-state index in [0.717, 1.165) is 32.0 Å². The first-order valence-electron chi connectivity index (χ1n) is 5.76. The molecular formula is C11H24N2OS. The van der Waals surface area contributed by atoms with Crippen LogP contribution in [0.2, 0.25) is 0 Å². The van der Waals surface area contributed by atoms with E-state index in [-0.39, 0.29) is 0 Å². The summed E-state index contributed by atoms with van der Waals surface area (Å²) in [7, 11) is 3.94. The molecule has 0 amide bonds. The largest absolute Gasteiger partial charge is 0.385 e. The fraction of sp³-hybridized carbons (Fsp3) is 1.00. The SMILES string of the molecule is COCCCC(N)CN(C)C1CCSC1. The molecule has 2 atom stereocenters. The maximum Gasteiger partial charge on any atom is 0.0462 e. The first kappa shape index (κ1) is 13.3. The number of likely N-dealkylation sites (N-methyl/N-ethyl adjacent to an activating group) is 1. The molecule has 90 valence electrons. The van der Waals surface area contributed by atoms with Crippen LogP contribution >= 0.6 is 11.8 Å². The van der Waals surface area contributed by atoms with Crippen molar-refractivity contribution in [2.75, 3.05) is 38.8 Å². The average Bonchev–Trinajstić information content (AvgIpc) is 2.70. The molecule has 0 aliphatic carbocycles. The second kappa shape index (κ2) is 7.49. The number of nitrogens with zero attached hydrogens (tertiary/aromatic N) is 1. The maximum atomic E-state index is 6.08. The summed E-state index contributed by atoms with van der Waals surface area (Å²) in [6.07, 6.45) is 3.47. The number of rotatable bonds is 7. The van der Waals surface area contributed by atoms with E-state index < -0.39 is 0 Å². The fourth-order valence-electron chi connectivity index (χ4n) is 1.97. The van der Waals surface area contributed by atoms with Crippen LogP contribution in [0, 0.1) is 0 Å². The average molecular weight is 232 g/mol. The Hall–Kier alpha value is 0.230. The van der Waals surface area contributed by atoms with Gasteiger partial charge in [0.2, 0.25) is 0 Å². The van der Waals surface area contributed by atoms with Gasteiger partial charge in [-0.15, -0.1) is 0 Å². The number of ether oxygens (including phenoxy) is 1. The highest BCUT2D eigenvalue weighted by Gasteiger charge is 2.20. The van der Waals surface area contributed by atoms with Crippen LogP contribution in [0.15, 0.2) is 0 Å². The second-order valence-corrected chi connectivity index (χ2v) is 5.50. The van der Waals surface area contributed by atoms with E-state index in [1.54, 1.807) is 7.11 Å². The normalized spacial score (nSPS) is 23.6. The van der Waals surface area contributed by atoms with Crippen molar-refractivity contribution in [1.29, 1.82) is 0 Å². The van der Waals surface area contributed by atoms with Gasteiger partial charge in [-0.2, -0.15) is 11.8 Å². The Morgan fingerprint density at radius 3 is 3.00 bits per heavy atom. The molecule has 0 aromatic rings. The van der Waals surface area contributed by atoms with E-state index in [9.17, 15) is 0 Å². The van der Waals surface area contributed by atoms with Crippen LogP contribution in [0.25, 0.3) is 0 Å². The van der Waals surface area contributed by atoms with Crippen molar-refractivity contribution in [3.63, 3.8) is 0 Å². The molecule has 1 saturated heterocycles. The summed E-state index contributed by atoms with van der Waals surface area (Å²) in [6, 6.07) is 1.05. The monoisotopic (exact) mass is 232 g/mol. The van der Waals surface area contributed by atoms with Gasteiger partial charge >= 0.3 is 0 Å². The molecule has 0 spiro atoms. The molecule has 0 radical (unpaired) electrons. The van der Waals surface area contributed by atoms with Crippen LogP contribution in [0.1, 0.15) is 19.3 Å². The molecule has 15 heavy (non-hydrogen) atoms. The lowest BCUT2D eigenvalue weighted by Gasteiger charge is -2.26. The highest BCUT2D eigenvalue weighted by atomic mass is 32.2. The van der Waals surface area contributed by atoms with Crippen molar-refractivity contribution in [2.24, 2.45) is 5.73 Å². The van der Waals surface area contributed by atoms with Crippen molar-refractivity contribution in [3.8, 4) is 0 Å². The van der Waals surface area contributed by atoms with Crippen molar-refractivity contribution in [1.82, 2.24) is 4.90 Å². The lowest BCUT2D eigenvalue weighted by Crippen LogP contribution is -2.41. The van der Waals surface area contributed by atoms with Crippen LogP contribution in [-0.2, 0) is 4.74 Å². The van der Waals surface area contributed by atoms with E-state index in [1.807, 2.05) is 0 Å². The van der Waals surface area contributed by atoms with E-state index in [0.29, 0.717) is 6.04 Å². The Kier molecular flexibility index (Phi) is 6.64. The van der Waals surface area contributed by atoms with Gasteiger partial charge in [0.25, 0.3) is 0 Å². The molecule has 3 nitrogen and oxygen atoms in total. The van der Waals surface area contributed by atoms with Crippen molar-refractivity contribution in [3.05, 3.63) is 0 Å². The molecule has 1 rings (SSSR count). The van der Waals surface area contributed by atoms with Crippen molar-refractivity contribution < 1.29 is 4.74 Å². The standard InChI is InChI=1S/C11H24N2OS/c1-13(11-5-7-15-9-11)8-10(12)4-3-6-14-2/h10-11H,3-9,12H2,1-2H3. The molecule has 1 aliphatic rings. The van der Waals surface area contributed by atoms with E-state index in [1.165, 1.54) is 17.9 Å². The molecule has 0 bridgehead atoms. The summed E-state index contributed by atoms with van der Waals surface area (Å²) in [5.41, 5.74) is 6.08. The van der Waals surface area contributed by atoms with Crippen LogP contribution in [0.3, 0.4) is 0 Å². The summed E-state index contributed by atoms with van der Waals surface area (Å²) in [5, 5.41) is 0. The van der Waals surface area contributed by atoms with Gasteiger partial charge in [-0.1, -0.05) is 0 Å². The Morgan fingerprint density at radius 1 is 1.60 bits per heavy atom. The minimum absolute atomic E-state index is 0.302. The fourth-order valence-corrected chi connectivity index (χ4v) is 3.27. The minimum Gasteiger partial charge on any atom is -0.385 e. The lowest BCUT2D eigenvalue weighted by atomic mass is 10.1. The number of hydrogen-bond donors (Lipinski definition) is 1. The maximum absolute atomic E-state index is 6.08. The van der Waals surface area contributed by atoms with Crippen LogP contribution in [0.5, 0.6) is 0 Å². The molecule has 1 aliphatic heterocycles. The van der Waals surface area contributed by atoms with Crippen molar-refractivity contribution >= 4 is 11.8 Å². The highest BCUT2D eigenvalue weighted by Crippen LogP contribution is 2.21. The van der Waals surface area contributed by atoms with E-state index >= 15 is 0 Å². The number of methoxy groups -OCH3 is 1. The van der Waals surface area contributed by atoms with Gasteiger partial charge in [0.05, 0.1) is 0 Å². The van der Waals surface area contributed by atoms with Gasteiger partial charge in [0, 0.05) is 38.1 Å². The molecule has 0 saturated carbocycles. The number of nitrogens with two attached hydrogens (primary N) is 1. The number of hydrogen-bond acceptors (Lipinski definition) is 4. The molecule has 2 N–H and O–H groups in total.